The minimum absolute atomic E-state index is 0.117. The predicted octanol–water partition coefficient (Wildman–Crippen LogP) is 4.48. The molecule has 2 heterocycles. The lowest BCUT2D eigenvalue weighted by Gasteiger charge is -2.43. The number of halogens is 2. The molecule has 2 aliphatic heterocycles. The molecule has 12 heteroatoms. The van der Waals surface area contributed by atoms with Gasteiger partial charge in [0.1, 0.15) is 0 Å². The fourth-order valence-corrected chi connectivity index (χ4v) is 6.12. The van der Waals surface area contributed by atoms with Crippen LogP contribution < -0.4 is 0 Å². The number of benzene rings is 2. The van der Waals surface area contributed by atoms with E-state index in [1.54, 1.807) is 6.92 Å². The van der Waals surface area contributed by atoms with Gasteiger partial charge in [-0.1, -0.05) is 43.3 Å². The summed E-state index contributed by atoms with van der Waals surface area (Å²) < 4.78 is 38.1. The summed E-state index contributed by atoms with van der Waals surface area (Å²) in [6.07, 6.45) is 1.53. The zero-order valence-electron chi connectivity index (χ0n) is 24.5. The Kier molecular flexibility index (Phi) is 10.2. The van der Waals surface area contributed by atoms with Gasteiger partial charge in [0.25, 0.3) is 0 Å². The van der Waals surface area contributed by atoms with Crippen molar-refractivity contribution in [1.29, 1.82) is 0 Å². The van der Waals surface area contributed by atoms with Crippen LogP contribution in [0.1, 0.15) is 49.8 Å². The first kappa shape index (κ1) is 31.7. The molecular formula is C31H36F2N4O6. The van der Waals surface area contributed by atoms with Gasteiger partial charge >= 0.3 is 18.1 Å². The number of urea groups is 1. The molecule has 2 unspecified atom stereocenters. The van der Waals surface area contributed by atoms with Gasteiger partial charge in [0.2, 0.25) is 6.41 Å². The quantitative estimate of drug-likeness (QED) is 0.293. The van der Waals surface area contributed by atoms with Gasteiger partial charge in [0.15, 0.2) is 11.6 Å². The molecule has 4 amide bonds. The van der Waals surface area contributed by atoms with E-state index < -0.39 is 41.3 Å². The van der Waals surface area contributed by atoms with Crippen LogP contribution in [0.4, 0.5) is 18.4 Å². The second-order valence-electron chi connectivity index (χ2n) is 10.6. The monoisotopic (exact) mass is 598 g/mol. The van der Waals surface area contributed by atoms with E-state index in [4.69, 9.17) is 9.47 Å². The molecule has 2 atom stereocenters. The second-order valence-corrected chi connectivity index (χ2v) is 10.6. The third-order valence-corrected chi connectivity index (χ3v) is 8.38. The number of rotatable bonds is 10. The zero-order chi connectivity index (χ0) is 31.1. The van der Waals surface area contributed by atoms with Crippen LogP contribution in [0.25, 0.3) is 0 Å². The van der Waals surface area contributed by atoms with Crippen molar-refractivity contribution in [1.82, 2.24) is 14.7 Å². The Hall–Kier alpha value is -4.19. The summed E-state index contributed by atoms with van der Waals surface area (Å²) in [6, 6.07) is 9.66. The maximum Gasteiger partial charge on any atom is 0.418 e. The van der Waals surface area contributed by atoms with E-state index in [1.165, 1.54) is 18.1 Å². The highest BCUT2D eigenvalue weighted by molar-refractivity contribution is 6.06. The van der Waals surface area contributed by atoms with Crippen LogP contribution in [0.3, 0.4) is 0 Å². The Morgan fingerprint density at radius 3 is 2.35 bits per heavy atom. The van der Waals surface area contributed by atoms with Crippen LogP contribution in [0.15, 0.2) is 53.5 Å². The molecule has 0 bridgehead atoms. The maximum absolute atomic E-state index is 14.3. The van der Waals surface area contributed by atoms with E-state index in [1.807, 2.05) is 30.3 Å². The van der Waals surface area contributed by atoms with E-state index in [2.05, 4.69) is 9.89 Å². The van der Waals surface area contributed by atoms with Crippen molar-refractivity contribution < 1.29 is 37.4 Å². The summed E-state index contributed by atoms with van der Waals surface area (Å²) in [5.74, 6) is -2.51. The van der Waals surface area contributed by atoms with Crippen molar-refractivity contribution in [2.24, 2.45) is 4.99 Å². The minimum atomic E-state index is -1.19. The Morgan fingerprint density at radius 1 is 1.07 bits per heavy atom. The van der Waals surface area contributed by atoms with Crippen LogP contribution in [-0.4, -0.2) is 91.4 Å². The van der Waals surface area contributed by atoms with E-state index in [-0.39, 0.29) is 24.5 Å². The van der Waals surface area contributed by atoms with Gasteiger partial charge in [-0.05, 0) is 68.6 Å². The van der Waals surface area contributed by atoms with Gasteiger partial charge in [0, 0.05) is 12.3 Å². The van der Waals surface area contributed by atoms with Gasteiger partial charge in [0.05, 0.1) is 31.7 Å². The van der Waals surface area contributed by atoms with Crippen LogP contribution >= 0.6 is 0 Å². The number of likely N-dealkylation sites (tertiary alicyclic amines) is 1. The number of piperidine rings is 1. The van der Waals surface area contributed by atoms with Crippen molar-refractivity contribution in [3.05, 3.63) is 71.3 Å². The van der Waals surface area contributed by atoms with Crippen molar-refractivity contribution in [3.63, 3.8) is 0 Å². The van der Waals surface area contributed by atoms with E-state index in [0.29, 0.717) is 51.0 Å². The fraction of sp³-hybridized carbons (Fsp3) is 0.452. The highest BCUT2D eigenvalue weighted by atomic mass is 19.2. The normalized spacial score (nSPS) is 20.3. The van der Waals surface area contributed by atoms with Gasteiger partial charge in [-0.25, -0.2) is 28.3 Å². The van der Waals surface area contributed by atoms with E-state index in [9.17, 15) is 28.0 Å². The molecule has 10 nitrogen and oxygen atoms in total. The number of hydrogen-bond acceptors (Lipinski definition) is 7. The number of amides is 4. The largest absolute Gasteiger partial charge is 0.468 e. The van der Waals surface area contributed by atoms with E-state index >= 15 is 0 Å². The molecule has 2 aliphatic rings. The summed E-state index contributed by atoms with van der Waals surface area (Å²) in [4.78, 5) is 59.4. The summed E-state index contributed by atoms with van der Waals surface area (Å²) in [7, 11) is 2.49. The average molecular weight is 599 g/mol. The highest BCUT2D eigenvalue weighted by Crippen LogP contribution is 2.37. The molecule has 1 saturated heterocycles. The number of aliphatic imine (C=N–C) groups is 1. The highest BCUT2D eigenvalue weighted by Gasteiger charge is 2.46. The number of methoxy groups -OCH3 is 2. The standard InChI is InChI=1S/C31H36F2N4O6/c1-4-25-27(26(21-11-12-23(32)24(33)19-21)37(29(40)34-25)30(41)43-3)36(20-38)16-8-15-35-17-13-31(14-18-35,28(39)42-2)22-9-6-5-7-10-22/h5-7,9-12,19-20,26-27H,4,8,13-18H2,1-3H3. The maximum atomic E-state index is 14.3. The number of hydrogen-bond donors (Lipinski definition) is 0. The van der Waals surface area contributed by atoms with Crippen molar-refractivity contribution in [2.75, 3.05) is 40.4 Å². The lowest BCUT2D eigenvalue weighted by Crippen LogP contribution is -2.56. The predicted molar refractivity (Wildman–Crippen MR) is 153 cm³/mol. The second kappa shape index (κ2) is 13.9. The number of carbonyl (C=O) groups excluding carboxylic acids is 4. The van der Waals surface area contributed by atoms with Crippen molar-refractivity contribution in [3.8, 4) is 0 Å². The lowest BCUT2D eigenvalue weighted by atomic mass is 9.72. The summed E-state index contributed by atoms with van der Waals surface area (Å²) >= 11 is 0. The zero-order valence-corrected chi connectivity index (χ0v) is 24.5. The Morgan fingerprint density at radius 2 is 1.77 bits per heavy atom. The number of imide groups is 1. The minimum Gasteiger partial charge on any atom is -0.468 e. The summed E-state index contributed by atoms with van der Waals surface area (Å²) in [6.45, 7) is 3.87. The molecule has 0 N–H and O–H groups in total. The van der Waals surface area contributed by atoms with Crippen LogP contribution in [-0.2, 0) is 24.5 Å². The third kappa shape index (κ3) is 6.43. The molecule has 0 radical (unpaired) electrons. The number of esters is 1. The van der Waals surface area contributed by atoms with E-state index in [0.717, 1.165) is 29.7 Å². The van der Waals surface area contributed by atoms with Gasteiger partial charge in [-0.2, -0.15) is 0 Å². The van der Waals surface area contributed by atoms with Crippen LogP contribution in [0, 0.1) is 11.6 Å². The smallest absolute Gasteiger partial charge is 0.418 e. The lowest BCUT2D eigenvalue weighted by molar-refractivity contribution is -0.149. The molecule has 2 aromatic rings. The molecule has 0 spiro atoms. The molecule has 2 aromatic carbocycles. The average Bonchev–Trinajstić information content (AvgIpc) is 3.04. The summed E-state index contributed by atoms with van der Waals surface area (Å²) in [5, 5.41) is 0. The molecular weight excluding hydrogens is 562 g/mol. The fourth-order valence-electron chi connectivity index (χ4n) is 6.12. The van der Waals surface area contributed by atoms with Crippen LogP contribution in [0.5, 0.6) is 0 Å². The Bertz CT molecular complexity index is 1360. The Labute approximate surface area is 249 Å². The number of nitrogens with zero attached hydrogens (tertiary/aromatic N) is 4. The number of ether oxygens (including phenoxy) is 2. The molecule has 4 rings (SSSR count). The first-order valence-electron chi connectivity index (χ1n) is 14.2. The SMILES string of the molecule is CCC1=NC(=O)N(C(=O)OC)C(c2ccc(F)c(F)c2)C1N(C=O)CCCN1CCC(C(=O)OC)(c2ccccc2)CC1. The van der Waals surface area contributed by atoms with Crippen molar-refractivity contribution >= 4 is 30.2 Å². The molecule has 230 valence electrons. The topological polar surface area (TPSA) is 109 Å². The molecule has 0 aliphatic carbocycles. The van der Waals surface area contributed by atoms with Gasteiger partial charge < -0.3 is 19.3 Å². The van der Waals surface area contributed by atoms with Gasteiger partial charge in [-0.3, -0.25) is 9.59 Å². The number of carbonyl (C=O) groups is 4. The Balaban J connectivity index is 1.52. The first-order valence-corrected chi connectivity index (χ1v) is 14.2. The first-order chi connectivity index (χ1) is 20.7. The molecule has 0 aromatic heterocycles. The molecule has 43 heavy (non-hydrogen) atoms. The summed E-state index contributed by atoms with van der Waals surface area (Å²) in [5.41, 5.74) is 0.643. The van der Waals surface area contributed by atoms with Gasteiger partial charge in [-0.15, -0.1) is 0 Å². The third-order valence-electron chi connectivity index (χ3n) is 8.38. The van der Waals surface area contributed by atoms with Crippen LogP contribution in [0.2, 0.25) is 0 Å². The molecule has 1 fully saturated rings. The molecule has 0 saturated carbocycles. The van der Waals surface area contributed by atoms with Crippen molar-refractivity contribution in [2.45, 2.75) is 50.1 Å².